The second-order valence-corrected chi connectivity index (χ2v) is 6.06. The maximum absolute atomic E-state index is 13.8. The van der Waals surface area contributed by atoms with Crippen molar-refractivity contribution in [3.05, 3.63) is 88.7 Å². The van der Waals surface area contributed by atoms with Crippen molar-refractivity contribution < 1.29 is 13.6 Å². The van der Waals surface area contributed by atoms with Gasteiger partial charge in [-0.1, -0.05) is 29.8 Å². The molecule has 2 N–H and O–H groups in total. The second kappa shape index (κ2) is 8.01. The van der Waals surface area contributed by atoms with Crippen molar-refractivity contribution in [3.8, 4) is 0 Å². The first-order chi connectivity index (χ1) is 12.5. The van der Waals surface area contributed by atoms with Gasteiger partial charge in [-0.15, -0.1) is 0 Å². The highest BCUT2D eigenvalue weighted by molar-refractivity contribution is 6.31. The van der Waals surface area contributed by atoms with Gasteiger partial charge in [-0.3, -0.25) is 0 Å². The van der Waals surface area contributed by atoms with Crippen LogP contribution in [0.5, 0.6) is 0 Å². The van der Waals surface area contributed by atoms with Crippen LogP contribution in [0, 0.1) is 11.6 Å². The van der Waals surface area contributed by atoms with Gasteiger partial charge >= 0.3 is 6.03 Å². The number of halogens is 3. The molecule has 3 rings (SSSR count). The number of nitrogens with zero attached hydrogens (tertiary/aromatic N) is 1. The quantitative estimate of drug-likeness (QED) is 0.661. The van der Waals surface area contributed by atoms with E-state index in [9.17, 15) is 13.6 Å². The topological polar surface area (TPSA) is 46.1 Å². The molecule has 7 heteroatoms. The van der Waals surface area contributed by atoms with Crippen molar-refractivity contribution in [1.29, 1.82) is 0 Å². The number of carbonyl (C=O) groups is 1. The Kier molecular flexibility index (Phi) is 5.53. The number of nitrogens with one attached hydrogen (secondary N) is 2. The molecule has 0 unspecified atom stereocenters. The van der Waals surface area contributed by atoms with Gasteiger partial charge in [0.2, 0.25) is 0 Å². The highest BCUT2D eigenvalue weighted by Gasteiger charge is 2.08. The van der Waals surface area contributed by atoms with Gasteiger partial charge in [0.25, 0.3) is 0 Å². The predicted molar refractivity (Wildman–Crippen MR) is 97.2 cm³/mol. The number of anilines is 1. The average molecular weight is 376 g/mol. The average Bonchev–Trinajstić information content (AvgIpc) is 3.05. The minimum atomic E-state index is -0.552. The lowest BCUT2D eigenvalue weighted by Crippen LogP contribution is -2.29. The summed E-state index contributed by atoms with van der Waals surface area (Å²) in [6, 6.07) is 13.7. The Hall–Kier alpha value is -2.86. The van der Waals surface area contributed by atoms with E-state index in [4.69, 9.17) is 11.6 Å². The highest BCUT2D eigenvalue weighted by Crippen LogP contribution is 2.19. The van der Waals surface area contributed by atoms with Crippen molar-refractivity contribution in [2.75, 3.05) is 5.32 Å². The van der Waals surface area contributed by atoms with Crippen LogP contribution in [0.2, 0.25) is 5.02 Å². The SMILES string of the molecule is O=C(NCc1cccn1Cc1ccccc1F)Nc1ccc(F)c(Cl)c1. The largest absolute Gasteiger partial charge is 0.345 e. The van der Waals surface area contributed by atoms with Crippen LogP contribution in [0.15, 0.2) is 60.8 Å². The van der Waals surface area contributed by atoms with Gasteiger partial charge < -0.3 is 15.2 Å². The normalized spacial score (nSPS) is 10.6. The van der Waals surface area contributed by atoms with E-state index in [2.05, 4.69) is 10.6 Å². The lowest BCUT2D eigenvalue weighted by Gasteiger charge is -2.12. The zero-order valence-corrected chi connectivity index (χ0v) is 14.4. The van der Waals surface area contributed by atoms with E-state index in [-0.39, 0.29) is 17.4 Å². The molecule has 0 spiro atoms. The van der Waals surface area contributed by atoms with Crippen LogP contribution in [-0.2, 0) is 13.1 Å². The van der Waals surface area contributed by atoms with Crippen LogP contribution in [0.4, 0.5) is 19.3 Å². The molecule has 0 radical (unpaired) electrons. The number of rotatable bonds is 5. The van der Waals surface area contributed by atoms with Crippen LogP contribution in [0.25, 0.3) is 0 Å². The second-order valence-electron chi connectivity index (χ2n) is 5.66. The first-order valence-corrected chi connectivity index (χ1v) is 8.28. The molecule has 2 aromatic carbocycles. The van der Waals surface area contributed by atoms with Crippen molar-refractivity contribution in [3.63, 3.8) is 0 Å². The summed E-state index contributed by atoms with van der Waals surface area (Å²) in [7, 11) is 0. The summed E-state index contributed by atoms with van der Waals surface area (Å²) in [6.45, 7) is 0.619. The molecule has 1 aromatic heterocycles. The number of urea groups is 1. The standard InChI is InChI=1S/C19H16ClF2N3O/c20-16-10-14(7-8-18(16)22)24-19(26)23-11-15-5-3-9-25(15)12-13-4-1-2-6-17(13)21/h1-10H,11-12H2,(H2,23,24,26). The van der Waals surface area contributed by atoms with Gasteiger partial charge in [0.15, 0.2) is 0 Å². The van der Waals surface area contributed by atoms with Gasteiger partial charge in [0.05, 0.1) is 18.1 Å². The van der Waals surface area contributed by atoms with E-state index in [1.54, 1.807) is 18.2 Å². The maximum atomic E-state index is 13.8. The fraction of sp³-hybridized carbons (Fsp3) is 0.105. The summed E-state index contributed by atoms with van der Waals surface area (Å²) in [4.78, 5) is 12.0. The summed E-state index contributed by atoms with van der Waals surface area (Å²) < 4.78 is 28.8. The van der Waals surface area contributed by atoms with Crippen LogP contribution >= 0.6 is 11.6 Å². The van der Waals surface area contributed by atoms with Crippen molar-refractivity contribution in [1.82, 2.24) is 9.88 Å². The highest BCUT2D eigenvalue weighted by atomic mass is 35.5. The third-order valence-corrected chi connectivity index (χ3v) is 4.12. The van der Waals surface area contributed by atoms with Crippen LogP contribution in [-0.4, -0.2) is 10.6 Å². The molecule has 2 amide bonds. The molecule has 4 nitrogen and oxygen atoms in total. The monoisotopic (exact) mass is 375 g/mol. The first kappa shape index (κ1) is 17.9. The molecule has 0 aliphatic rings. The maximum Gasteiger partial charge on any atom is 0.319 e. The molecule has 134 valence electrons. The first-order valence-electron chi connectivity index (χ1n) is 7.90. The molecule has 0 atom stereocenters. The van der Waals surface area contributed by atoms with Gasteiger partial charge in [-0.05, 0) is 36.4 Å². The van der Waals surface area contributed by atoms with E-state index in [0.717, 1.165) is 5.69 Å². The number of aromatic nitrogens is 1. The van der Waals surface area contributed by atoms with Crippen molar-refractivity contribution in [2.24, 2.45) is 0 Å². The molecule has 0 aliphatic heterocycles. The Labute approximate surface area is 154 Å². The lowest BCUT2D eigenvalue weighted by molar-refractivity contribution is 0.251. The van der Waals surface area contributed by atoms with Gasteiger partial charge in [0.1, 0.15) is 11.6 Å². The molecular formula is C19H16ClF2N3O. The molecule has 0 saturated heterocycles. The molecule has 0 saturated carbocycles. The number of hydrogen-bond acceptors (Lipinski definition) is 1. The predicted octanol–water partition coefficient (Wildman–Crippen LogP) is 4.79. The lowest BCUT2D eigenvalue weighted by atomic mass is 10.2. The summed E-state index contributed by atoms with van der Waals surface area (Å²) >= 11 is 5.69. The number of amides is 2. The van der Waals surface area contributed by atoms with E-state index in [1.807, 2.05) is 22.9 Å². The fourth-order valence-electron chi connectivity index (χ4n) is 2.49. The van der Waals surface area contributed by atoms with Gasteiger partial charge in [-0.25, -0.2) is 13.6 Å². The number of benzene rings is 2. The number of hydrogen-bond donors (Lipinski definition) is 2. The van der Waals surface area contributed by atoms with Gasteiger partial charge in [-0.2, -0.15) is 0 Å². The third-order valence-electron chi connectivity index (χ3n) is 3.83. The molecule has 0 aliphatic carbocycles. The van der Waals surface area contributed by atoms with Crippen molar-refractivity contribution >= 4 is 23.3 Å². The molecule has 0 fully saturated rings. The Morgan fingerprint density at radius 3 is 2.62 bits per heavy atom. The summed E-state index contributed by atoms with van der Waals surface area (Å²) in [6.07, 6.45) is 1.82. The Balaban J connectivity index is 1.60. The third kappa shape index (κ3) is 4.40. The molecule has 26 heavy (non-hydrogen) atoms. The Morgan fingerprint density at radius 2 is 1.85 bits per heavy atom. The van der Waals surface area contributed by atoms with Crippen LogP contribution in [0.1, 0.15) is 11.3 Å². The fourth-order valence-corrected chi connectivity index (χ4v) is 2.67. The Bertz CT molecular complexity index is 927. The van der Waals surface area contributed by atoms with E-state index < -0.39 is 11.8 Å². The smallest absolute Gasteiger partial charge is 0.319 e. The minimum absolute atomic E-state index is 0.0680. The van der Waals surface area contributed by atoms with Crippen LogP contribution < -0.4 is 10.6 Å². The number of carbonyl (C=O) groups excluding carboxylic acids is 1. The molecular weight excluding hydrogens is 360 g/mol. The summed E-state index contributed by atoms with van der Waals surface area (Å²) in [5.74, 6) is -0.824. The molecule has 1 heterocycles. The van der Waals surface area contributed by atoms with E-state index in [0.29, 0.717) is 17.8 Å². The molecule has 0 bridgehead atoms. The van der Waals surface area contributed by atoms with Crippen LogP contribution in [0.3, 0.4) is 0 Å². The molecule has 3 aromatic rings. The zero-order chi connectivity index (χ0) is 18.5. The minimum Gasteiger partial charge on any atom is -0.345 e. The van der Waals surface area contributed by atoms with E-state index in [1.165, 1.54) is 24.3 Å². The van der Waals surface area contributed by atoms with E-state index >= 15 is 0 Å². The van der Waals surface area contributed by atoms with Gasteiger partial charge in [0, 0.05) is 23.1 Å². The summed E-state index contributed by atoms with van der Waals surface area (Å²) in [5, 5.41) is 5.22. The Morgan fingerprint density at radius 1 is 1.04 bits per heavy atom. The summed E-state index contributed by atoms with van der Waals surface area (Å²) in [5.41, 5.74) is 1.77. The zero-order valence-electron chi connectivity index (χ0n) is 13.7. The van der Waals surface area contributed by atoms with Crippen molar-refractivity contribution in [2.45, 2.75) is 13.1 Å².